The molecule has 1 heterocycles. The Labute approximate surface area is 139 Å². The van der Waals surface area contributed by atoms with Crippen molar-refractivity contribution < 1.29 is 19.0 Å². The van der Waals surface area contributed by atoms with Crippen LogP contribution in [0.3, 0.4) is 0 Å². The Balaban J connectivity index is 2.38. The fraction of sp³-hybridized carbons (Fsp3) is 0.875. The molecule has 0 aromatic rings. The predicted molar refractivity (Wildman–Crippen MR) is 89.6 cm³/mol. The molecule has 23 heavy (non-hydrogen) atoms. The van der Waals surface area contributed by atoms with E-state index in [4.69, 9.17) is 14.2 Å². The third-order valence-electron chi connectivity index (χ3n) is 3.68. The third kappa shape index (κ3) is 7.65. The van der Waals surface area contributed by atoms with Gasteiger partial charge in [-0.1, -0.05) is 0 Å². The highest BCUT2D eigenvalue weighted by Crippen LogP contribution is 2.18. The Morgan fingerprint density at radius 3 is 2.57 bits per heavy atom. The molecule has 0 aromatic carbocycles. The Morgan fingerprint density at radius 2 is 1.96 bits per heavy atom. The number of rotatable bonds is 9. The molecule has 1 aliphatic heterocycles. The average molecular weight is 329 g/mol. The van der Waals surface area contributed by atoms with Crippen molar-refractivity contribution in [3.05, 3.63) is 0 Å². The van der Waals surface area contributed by atoms with Crippen molar-refractivity contribution in [1.82, 2.24) is 10.2 Å². The first-order valence-corrected chi connectivity index (χ1v) is 8.49. The summed E-state index contributed by atoms with van der Waals surface area (Å²) in [7, 11) is 1.66. The molecule has 1 aliphatic rings. The molecule has 0 aliphatic carbocycles. The molecule has 0 atom stereocenters. The zero-order valence-electron chi connectivity index (χ0n) is 14.7. The minimum Gasteiger partial charge on any atom is -0.466 e. The normalized spacial score (nSPS) is 16.5. The predicted octanol–water partition coefficient (Wildman–Crippen LogP) is 0.890. The molecule has 1 rings (SSSR count). The molecule has 0 saturated carbocycles. The molecule has 134 valence electrons. The highest BCUT2D eigenvalue weighted by atomic mass is 16.5. The van der Waals surface area contributed by atoms with E-state index in [1.165, 1.54) is 0 Å². The summed E-state index contributed by atoms with van der Waals surface area (Å²) in [5, 5.41) is 3.30. The van der Waals surface area contributed by atoms with Crippen molar-refractivity contribution in [3.8, 4) is 0 Å². The van der Waals surface area contributed by atoms with Crippen LogP contribution in [0.15, 0.2) is 4.99 Å². The summed E-state index contributed by atoms with van der Waals surface area (Å²) >= 11 is 0. The maximum absolute atomic E-state index is 11.8. The Kier molecular flexibility index (Phi) is 10.4. The molecular weight excluding hydrogens is 298 g/mol. The first-order chi connectivity index (χ1) is 11.2. The summed E-state index contributed by atoms with van der Waals surface area (Å²) < 4.78 is 15.5. The number of guanidine groups is 1. The molecule has 0 spiro atoms. The average Bonchev–Trinajstić information content (AvgIpc) is 2.57. The number of ether oxygens (including phenoxy) is 3. The molecule has 7 heteroatoms. The van der Waals surface area contributed by atoms with Crippen molar-refractivity contribution in [2.45, 2.75) is 26.7 Å². The lowest BCUT2D eigenvalue weighted by Gasteiger charge is -2.33. The van der Waals surface area contributed by atoms with E-state index >= 15 is 0 Å². The molecule has 1 saturated heterocycles. The number of esters is 1. The first-order valence-electron chi connectivity index (χ1n) is 8.49. The quantitative estimate of drug-likeness (QED) is 0.293. The van der Waals surface area contributed by atoms with E-state index in [9.17, 15) is 4.79 Å². The number of piperidine rings is 1. The van der Waals surface area contributed by atoms with Gasteiger partial charge in [0.2, 0.25) is 0 Å². The van der Waals surface area contributed by atoms with Crippen LogP contribution in [-0.2, 0) is 19.0 Å². The van der Waals surface area contributed by atoms with Gasteiger partial charge >= 0.3 is 5.97 Å². The third-order valence-corrected chi connectivity index (χ3v) is 3.68. The van der Waals surface area contributed by atoms with Crippen LogP contribution in [0.4, 0.5) is 0 Å². The van der Waals surface area contributed by atoms with Crippen LogP contribution in [0, 0.1) is 5.92 Å². The van der Waals surface area contributed by atoms with E-state index in [2.05, 4.69) is 22.1 Å². The van der Waals surface area contributed by atoms with Crippen LogP contribution >= 0.6 is 0 Å². The summed E-state index contributed by atoms with van der Waals surface area (Å²) in [5.41, 5.74) is 0. The lowest BCUT2D eigenvalue weighted by atomic mass is 9.97. The molecule has 0 amide bonds. The van der Waals surface area contributed by atoms with E-state index < -0.39 is 0 Å². The van der Waals surface area contributed by atoms with Crippen LogP contribution in [0.25, 0.3) is 0 Å². The molecular formula is C16H31N3O4. The highest BCUT2D eigenvalue weighted by molar-refractivity contribution is 5.80. The van der Waals surface area contributed by atoms with Crippen LogP contribution in [0.2, 0.25) is 0 Å². The highest BCUT2D eigenvalue weighted by Gasteiger charge is 2.27. The summed E-state index contributed by atoms with van der Waals surface area (Å²) in [4.78, 5) is 18.6. The monoisotopic (exact) mass is 329 g/mol. The topological polar surface area (TPSA) is 72.4 Å². The van der Waals surface area contributed by atoms with E-state index in [0.717, 1.165) is 38.4 Å². The Hall–Kier alpha value is -1.34. The van der Waals surface area contributed by atoms with Gasteiger partial charge in [0.25, 0.3) is 0 Å². The number of carbonyl (C=O) groups excluding carboxylic acids is 1. The second kappa shape index (κ2) is 12.1. The van der Waals surface area contributed by atoms with Gasteiger partial charge in [-0.2, -0.15) is 0 Å². The standard InChI is InChI=1S/C16H31N3O4/c1-4-17-16(18-8-11-22-13-12-21-3)19-9-6-14(7-10-19)15(20)23-5-2/h14H,4-13H2,1-3H3,(H,17,18). The van der Waals surface area contributed by atoms with Gasteiger partial charge in [0, 0.05) is 26.7 Å². The molecule has 0 unspecified atom stereocenters. The SMILES string of the molecule is CCNC(=NCCOCCOC)N1CCC(C(=O)OCC)CC1. The van der Waals surface area contributed by atoms with Crippen molar-refractivity contribution >= 4 is 11.9 Å². The first kappa shape index (κ1) is 19.7. The van der Waals surface area contributed by atoms with Gasteiger partial charge in [0.15, 0.2) is 5.96 Å². The number of carbonyl (C=O) groups is 1. The van der Waals surface area contributed by atoms with E-state index in [1.54, 1.807) is 7.11 Å². The maximum Gasteiger partial charge on any atom is 0.309 e. The smallest absolute Gasteiger partial charge is 0.309 e. The van der Waals surface area contributed by atoms with Gasteiger partial charge in [-0.05, 0) is 26.7 Å². The number of hydrogen-bond acceptors (Lipinski definition) is 5. The van der Waals surface area contributed by atoms with Gasteiger partial charge in [0.1, 0.15) is 0 Å². The molecule has 0 radical (unpaired) electrons. The van der Waals surface area contributed by atoms with Crippen LogP contribution in [0.1, 0.15) is 26.7 Å². The zero-order chi connectivity index (χ0) is 16.9. The molecule has 1 N–H and O–H groups in total. The summed E-state index contributed by atoms with van der Waals surface area (Å²) in [6.07, 6.45) is 1.63. The maximum atomic E-state index is 11.8. The van der Waals surface area contributed by atoms with Gasteiger partial charge in [-0.3, -0.25) is 9.79 Å². The fourth-order valence-corrected chi connectivity index (χ4v) is 2.47. The summed E-state index contributed by atoms with van der Waals surface area (Å²) in [5.74, 6) is 0.845. The lowest BCUT2D eigenvalue weighted by molar-refractivity contribution is -0.149. The van der Waals surface area contributed by atoms with Crippen LogP contribution < -0.4 is 5.32 Å². The van der Waals surface area contributed by atoms with E-state index in [1.807, 2.05) is 6.92 Å². The minimum atomic E-state index is -0.0689. The largest absolute Gasteiger partial charge is 0.466 e. The molecule has 0 aromatic heterocycles. The van der Waals surface area contributed by atoms with Gasteiger partial charge in [0.05, 0.1) is 38.9 Å². The number of aliphatic imine (C=N–C) groups is 1. The number of nitrogens with zero attached hydrogens (tertiary/aromatic N) is 2. The van der Waals surface area contributed by atoms with Gasteiger partial charge in [-0.25, -0.2) is 0 Å². The van der Waals surface area contributed by atoms with Gasteiger partial charge in [-0.15, -0.1) is 0 Å². The summed E-state index contributed by atoms with van der Waals surface area (Å²) in [6, 6.07) is 0. The number of nitrogens with one attached hydrogen (secondary N) is 1. The van der Waals surface area contributed by atoms with Crippen molar-refractivity contribution in [2.75, 3.05) is 59.7 Å². The Bertz CT molecular complexity index is 355. The number of methoxy groups -OCH3 is 1. The number of likely N-dealkylation sites (tertiary alicyclic amines) is 1. The van der Waals surface area contributed by atoms with Crippen molar-refractivity contribution in [2.24, 2.45) is 10.9 Å². The van der Waals surface area contributed by atoms with E-state index in [0.29, 0.717) is 33.0 Å². The molecule has 7 nitrogen and oxygen atoms in total. The van der Waals surface area contributed by atoms with Crippen molar-refractivity contribution in [3.63, 3.8) is 0 Å². The van der Waals surface area contributed by atoms with Crippen LogP contribution in [0.5, 0.6) is 0 Å². The van der Waals surface area contributed by atoms with Gasteiger partial charge < -0.3 is 24.4 Å². The van der Waals surface area contributed by atoms with E-state index in [-0.39, 0.29) is 11.9 Å². The van der Waals surface area contributed by atoms with Crippen LogP contribution in [-0.4, -0.2) is 76.5 Å². The van der Waals surface area contributed by atoms with Crippen molar-refractivity contribution in [1.29, 1.82) is 0 Å². The minimum absolute atomic E-state index is 0.0199. The summed E-state index contributed by atoms with van der Waals surface area (Å²) in [6.45, 7) is 9.20. The zero-order valence-corrected chi connectivity index (χ0v) is 14.7. The second-order valence-electron chi connectivity index (χ2n) is 5.35. The number of hydrogen-bond donors (Lipinski definition) is 1. The second-order valence-corrected chi connectivity index (χ2v) is 5.35. The Morgan fingerprint density at radius 1 is 1.22 bits per heavy atom. The molecule has 1 fully saturated rings. The fourth-order valence-electron chi connectivity index (χ4n) is 2.47. The molecule has 0 bridgehead atoms. The lowest BCUT2D eigenvalue weighted by Crippen LogP contribution is -2.46.